The van der Waals surface area contributed by atoms with Crippen LogP contribution in [0.3, 0.4) is 0 Å². The standard InChI is InChI=1S/C23H19N5O6S/c1-27-21(30)18(19(24)28(23(27)31)10-13-5-3-2-4-6-13)15(29)11-35-22-26-25-20(34-22)14-7-8-16-17(9-14)33-12-32-16/h2-9H,10-12,24H2,1H3. The van der Waals surface area contributed by atoms with Crippen molar-refractivity contribution < 1.29 is 18.7 Å². The molecule has 0 saturated carbocycles. The van der Waals surface area contributed by atoms with Crippen LogP contribution in [0.15, 0.2) is 67.8 Å². The van der Waals surface area contributed by atoms with E-state index in [9.17, 15) is 14.4 Å². The van der Waals surface area contributed by atoms with Crippen molar-refractivity contribution in [2.24, 2.45) is 7.05 Å². The molecule has 2 N–H and O–H groups in total. The van der Waals surface area contributed by atoms with Crippen LogP contribution in [-0.4, -0.2) is 37.7 Å². The fourth-order valence-electron chi connectivity index (χ4n) is 3.58. The molecular weight excluding hydrogens is 474 g/mol. The maximum atomic E-state index is 13.0. The summed E-state index contributed by atoms with van der Waals surface area (Å²) in [6, 6.07) is 14.3. The van der Waals surface area contributed by atoms with Gasteiger partial charge >= 0.3 is 5.69 Å². The maximum absolute atomic E-state index is 13.0. The highest BCUT2D eigenvalue weighted by atomic mass is 32.2. The van der Waals surface area contributed by atoms with Crippen LogP contribution in [0.5, 0.6) is 11.5 Å². The largest absolute Gasteiger partial charge is 0.454 e. The number of nitrogens with two attached hydrogens (primary N) is 1. The van der Waals surface area contributed by atoms with Crippen LogP contribution >= 0.6 is 11.8 Å². The Kier molecular flexibility index (Phi) is 5.87. The molecule has 5 rings (SSSR count). The Morgan fingerprint density at radius 3 is 2.66 bits per heavy atom. The van der Waals surface area contributed by atoms with E-state index >= 15 is 0 Å². The van der Waals surface area contributed by atoms with E-state index in [2.05, 4.69) is 10.2 Å². The molecule has 2 aromatic carbocycles. The van der Waals surface area contributed by atoms with Gasteiger partial charge in [-0.25, -0.2) is 4.79 Å². The molecule has 0 unspecified atom stereocenters. The molecule has 0 atom stereocenters. The fourth-order valence-corrected chi connectivity index (χ4v) is 4.21. The summed E-state index contributed by atoms with van der Waals surface area (Å²) < 4.78 is 18.4. The van der Waals surface area contributed by atoms with E-state index in [-0.39, 0.29) is 41.6 Å². The number of ketones is 1. The lowest BCUT2D eigenvalue weighted by Crippen LogP contribution is -2.43. The third kappa shape index (κ3) is 4.30. The normalized spacial score (nSPS) is 12.1. The second kappa shape index (κ2) is 9.14. The van der Waals surface area contributed by atoms with E-state index in [1.54, 1.807) is 18.2 Å². The number of fused-ring (bicyclic) bond motifs is 1. The van der Waals surface area contributed by atoms with Gasteiger partial charge in [-0.15, -0.1) is 10.2 Å². The zero-order valence-electron chi connectivity index (χ0n) is 18.5. The van der Waals surface area contributed by atoms with Gasteiger partial charge in [-0.2, -0.15) is 0 Å². The first-order chi connectivity index (χ1) is 16.9. The van der Waals surface area contributed by atoms with Crippen LogP contribution in [0.1, 0.15) is 15.9 Å². The number of rotatable bonds is 7. The number of nitrogens with zero attached hydrogens (tertiary/aromatic N) is 4. The fraction of sp³-hybridized carbons (Fsp3) is 0.174. The predicted octanol–water partition coefficient (Wildman–Crippen LogP) is 1.93. The molecule has 1 aliphatic rings. The van der Waals surface area contributed by atoms with E-state index in [0.717, 1.165) is 21.9 Å². The predicted molar refractivity (Wildman–Crippen MR) is 127 cm³/mol. The second-order valence-corrected chi connectivity index (χ2v) is 8.56. The summed E-state index contributed by atoms with van der Waals surface area (Å²) in [5.74, 6) is 0.511. The van der Waals surface area contributed by atoms with Crippen molar-refractivity contribution >= 4 is 23.4 Å². The summed E-state index contributed by atoms with van der Waals surface area (Å²) in [7, 11) is 1.31. The molecule has 178 valence electrons. The monoisotopic (exact) mass is 493 g/mol. The molecule has 0 spiro atoms. The zero-order chi connectivity index (χ0) is 24.5. The van der Waals surface area contributed by atoms with Crippen LogP contribution in [-0.2, 0) is 13.6 Å². The SMILES string of the molecule is Cn1c(=O)c(C(=O)CSc2nnc(-c3ccc4c(c3)OCO4)o2)c(N)n(Cc2ccccc2)c1=O. The van der Waals surface area contributed by atoms with Crippen molar-refractivity contribution in [2.75, 3.05) is 18.3 Å². The minimum atomic E-state index is -0.756. The minimum absolute atomic E-state index is 0.121. The smallest absolute Gasteiger partial charge is 0.332 e. The van der Waals surface area contributed by atoms with Crippen LogP contribution in [0.2, 0.25) is 0 Å². The first-order valence-corrected chi connectivity index (χ1v) is 11.4. The van der Waals surface area contributed by atoms with Gasteiger partial charge in [0.2, 0.25) is 12.7 Å². The van der Waals surface area contributed by atoms with Gasteiger partial charge in [0.25, 0.3) is 10.8 Å². The summed E-state index contributed by atoms with van der Waals surface area (Å²) >= 11 is 0.965. The van der Waals surface area contributed by atoms with Crippen LogP contribution < -0.4 is 26.5 Å². The maximum Gasteiger partial charge on any atom is 0.332 e. The highest BCUT2D eigenvalue weighted by molar-refractivity contribution is 7.99. The van der Waals surface area contributed by atoms with Gasteiger partial charge in [-0.1, -0.05) is 42.1 Å². The van der Waals surface area contributed by atoms with Crippen molar-refractivity contribution in [3.63, 3.8) is 0 Å². The Labute approximate surface area is 202 Å². The number of anilines is 1. The lowest BCUT2D eigenvalue weighted by molar-refractivity contribution is 0.102. The van der Waals surface area contributed by atoms with Crippen LogP contribution in [0.25, 0.3) is 11.5 Å². The molecule has 0 bridgehead atoms. The Balaban J connectivity index is 1.36. The molecule has 0 aliphatic carbocycles. The lowest BCUT2D eigenvalue weighted by atomic mass is 10.2. The molecule has 35 heavy (non-hydrogen) atoms. The average Bonchev–Trinajstić information content (AvgIpc) is 3.54. The number of thioether (sulfide) groups is 1. The molecule has 0 radical (unpaired) electrons. The zero-order valence-corrected chi connectivity index (χ0v) is 19.3. The first-order valence-electron chi connectivity index (χ1n) is 10.4. The van der Waals surface area contributed by atoms with E-state index < -0.39 is 17.0 Å². The van der Waals surface area contributed by atoms with E-state index in [0.29, 0.717) is 17.1 Å². The van der Waals surface area contributed by atoms with Crippen molar-refractivity contribution in [2.45, 2.75) is 11.8 Å². The number of hydrogen-bond donors (Lipinski definition) is 1. The van der Waals surface area contributed by atoms with Gasteiger partial charge in [-0.05, 0) is 23.8 Å². The number of carbonyl (C=O) groups excluding carboxylic acids is 1. The summed E-state index contributed by atoms with van der Waals surface area (Å²) in [4.78, 5) is 38.4. The molecule has 0 fully saturated rings. The number of ether oxygens (including phenoxy) is 2. The number of carbonyl (C=O) groups is 1. The summed E-state index contributed by atoms with van der Waals surface area (Å²) in [6.45, 7) is 0.267. The number of nitrogen functional groups attached to an aromatic ring is 1. The van der Waals surface area contributed by atoms with Crippen molar-refractivity contribution in [1.82, 2.24) is 19.3 Å². The van der Waals surface area contributed by atoms with Gasteiger partial charge in [-0.3, -0.25) is 18.7 Å². The quantitative estimate of drug-likeness (QED) is 0.299. The molecule has 11 nitrogen and oxygen atoms in total. The molecule has 0 amide bonds. The number of aromatic nitrogens is 4. The Bertz CT molecular complexity index is 1540. The average molecular weight is 494 g/mol. The third-order valence-corrected chi connectivity index (χ3v) is 6.22. The topological polar surface area (TPSA) is 144 Å². The minimum Gasteiger partial charge on any atom is -0.454 e. The van der Waals surface area contributed by atoms with E-state index in [1.807, 2.05) is 30.3 Å². The summed E-state index contributed by atoms with van der Waals surface area (Å²) in [6.07, 6.45) is 0. The summed E-state index contributed by atoms with van der Waals surface area (Å²) in [5.41, 5.74) is 5.95. The molecule has 3 heterocycles. The molecule has 2 aromatic heterocycles. The second-order valence-electron chi connectivity index (χ2n) is 7.63. The molecule has 4 aromatic rings. The number of hydrogen-bond acceptors (Lipinski definition) is 10. The van der Waals surface area contributed by atoms with Crippen molar-refractivity contribution in [3.8, 4) is 23.0 Å². The summed E-state index contributed by atoms with van der Waals surface area (Å²) in [5, 5.41) is 8.10. The van der Waals surface area contributed by atoms with E-state index in [1.165, 1.54) is 11.6 Å². The highest BCUT2D eigenvalue weighted by Crippen LogP contribution is 2.36. The molecule has 12 heteroatoms. The highest BCUT2D eigenvalue weighted by Gasteiger charge is 2.23. The van der Waals surface area contributed by atoms with Gasteiger partial charge in [0, 0.05) is 12.6 Å². The molecular formula is C23H19N5O6S. The van der Waals surface area contributed by atoms with Gasteiger partial charge in [0.1, 0.15) is 11.4 Å². The van der Waals surface area contributed by atoms with Gasteiger partial charge in [0.05, 0.1) is 12.3 Å². The molecule has 1 aliphatic heterocycles. The molecule has 0 saturated heterocycles. The lowest BCUT2D eigenvalue weighted by Gasteiger charge is -2.14. The van der Waals surface area contributed by atoms with Crippen LogP contribution in [0, 0.1) is 0 Å². The third-order valence-electron chi connectivity index (χ3n) is 5.40. The Morgan fingerprint density at radius 2 is 1.86 bits per heavy atom. The van der Waals surface area contributed by atoms with E-state index in [4.69, 9.17) is 19.6 Å². The Hall–Kier alpha value is -4.32. The first kappa shape index (κ1) is 22.5. The van der Waals surface area contributed by atoms with Gasteiger partial charge in [0.15, 0.2) is 17.3 Å². The van der Waals surface area contributed by atoms with Gasteiger partial charge < -0.3 is 19.6 Å². The number of benzene rings is 2. The number of Topliss-reactive ketones (excluding diaryl/α,β-unsaturated/α-hetero) is 1. The van der Waals surface area contributed by atoms with Crippen molar-refractivity contribution in [1.29, 1.82) is 0 Å². The Morgan fingerprint density at radius 1 is 1.09 bits per heavy atom. The van der Waals surface area contributed by atoms with Crippen LogP contribution in [0.4, 0.5) is 5.82 Å². The van der Waals surface area contributed by atoms with Crippen molar-refractivity contribution in [3.05, 3.63) is 80.5 Å².